The molecule has 2 rings (SSSR count). The molecule has 3 heteroatoms. The van der Waals surface area contributed by atoms with E-state index in [0.717, 1.165) is 12.8 Å². The highest BCUT2D eigenvalue weighted by Crippen LogP contribution is 2.37. The standard InChI is InChI=1S/C14H21NOS/c1-9(16)10(2)17-13-8-7-11-5-3-4-6-12(11)14(13)15/h3-6,9-10,13-14,16H,7-8,15H2,1-2H3. The number of benzene rings is 1. The lowest BCUT2D eigenvalue weighted by molar-refractivity contribution is 0.196. The van der Waals surface area contributed by atoms with E-state index in [4.69, 9.17) is 5.73 Å². The van der Waals surface area contributed by atoms with Gasteiger partial charge in [-0.1, -0.05) is 31.2 Å². The normalized spacial score (nSPS) is 27.3. The van der Waals surface area contributed by atoms with Crippen LogP contribution in [0.1, 0.15) is 37.4 Å². The highest BCUT2D eigenvalue weighted by Gasteiger charge is 2.28. The summed E-state index contributed by atoms with van der Waals surface area (Å²) < 4.78 is 0. The molecule has 17 heavy (non-hydrogen) atoms. The zero-order chi connectivity index (χ0) is 12.4. The van der Waals surface area contributed by atoms with E-state index in [2.05, 4.69) is 31.2 Å². The Morgan fingerprint density at radius 1 is 1.35 bits per heavy atom. The molecule has 0 aliphatic heterocycles. The fourth-order valence-electron chi connectivity index (χ4n) is 2.31. The number of rotatable bonds is 3. The van der Waals surface area contributed by atoms with Gasteiger partial charge in [-0.25, -0.2) is 0 Å². The minimum atomic E-state index is -0.274. The smallest absolute Gasteiger partial charge is 0.0628 e. The topological polar surface area (TPSA) is 46.2 Å². The Morgan fingerprint density at radius 2 is 2.06 bits per heavy atom. The number of hydrogen-bond donors (Lipinski definition) is 2. The van der Waals surface area contributed by atoms with Crippen molar-refractivity contribution in [2.75, 3.05) is 0 Å². The molecule has 0 saturated carbocycles. The largest absolute Gasteiger partial charge is 0.392 e. The molecule has 0 spiro atoms. The Hall–Kier alpha value is -0.510. The molecule has 1 aliphatic rings. The Balaban J connectivity index is 2.09. The van der Waals surface area contributed by atoms with Gasteiger partial charge in [0.2, 0.25) is 0 Å². The van der Waals surface area contributed by atoms with Gasteiger partial charge < -0.3 is 10.8 Å². The monoisotopic (exact) mass is 251 g/mol. The van der Waals surface area contributed by atoms with Crippen molar-refractivity contribution in [2.24, 2.45) is 5.73 Å². The SMILES string of the molecule is CC(O)C(C)SC1CCc2ccccc2C1N. The Bertz CT molecular complexity index is 380. The third-order valence-electron chi connectivity index (χ3n) is 3.58. The average molecular weight is 251 g/mol. The molecule has 0 aromatic heterocycles. The number of hydrogen-bond acceptors (Lipinski definition) is 3. The first-order valence-electron chi connectivity index (χ1n) is 6.26. The summed E-state index contributed by atoms with van der Waals surface area (Å²) >= 11 is 1.83. The molecule has 0 radical (unpaired) electrons. The molecule has 3 N–H and O–H groups in total. The first-order chi connectivity index (χ1) is 8.09. The lowest BCUT2D eigenvalue weighted by Gasteiger charge is -2.32. The van der Waals surface area contributed by atoms with Crippen molar-refractivity contribution in [3.63, 3.8) is 0 Å². The molecule has 94 valence electrons. The maximum Gasteiger partial charge on any atom is 0.0628 e. The number of thioether (sulfide) groups is 1. The summed E-state index contributed by atoms with van der Waals surface area (Å²) in [7, 11) is 0. The summed E-state index contributed by atoms with van der Waals surface area (Å²) in [5.74, 6) is 0. The third kappa shape index (κ3) is 2.84. The zero-order valence-corrected chi connectivity index (χ0v) is 11.3. The van der Waals surface area contributed by atoms with Crippen LogP contribution < -0.4 is 5.73 Å². The van der Waals surface area contributed by atoms with Gasteiger partial charge in [0.05, 0.1) is 6.10 Å². The highest BCUT2D eigenvalue weighted by molar-refractivity contribution is 8.00. The van der Waals surface area contributed by atoms with E-state index in [-0.39, 0.29) is 17.4 Å². The van der Waals surface area contributed by atoms with Crippen molar-refractivity contribution in [1.82, 2.24) is 0 Å². The second-order valence-corrected chi connectivity index (χ2v) is 6.50. The molecule has 1 aromatic rings. The molecular weight excluding hydrogens is 230 g/mol. The lowest BCUT2D eigenvalue weighted by Crippen LogP contribution is -2.32. The van der Waals surface area contributed by atoms with Gasteiger partial charge in [0, 0.05) is 16.5 Å². The Morgan fingerprint density at radius 3 is 2.76 bits per heavy atom. The van der Waals surface area contributed by atoms with Crippen molar-refractivity contribution < 1.29 is 5.11 Å². The van der Waals surface area contributed by atoms with E-state index in [1.54, 1.807) is 0 Å². The number of nitrogens with two attached hydrogens (primary N) is 1. The van der Waals surface area contributed by atoms with Crippen LogP contribution in [0, 0.1) is 0 Å². The number of aliphatic hydroxyl groups is 1. The second kappa shape index (κ2) is 5.42. The summed E-state index contributed by atoms with van der Waals surface area (Å²) in [6, 6.07) is 8.56. The van der Waals surface area contributed by atoms with Crippen LogP contribution in [-0.4, -0.2) is 21.7 Å². The van der Waals surface area contributed by atoms with Crippen molar-refractivity contribution in [1.29, 1.82) is 0 Å². The van der Waals surface area contributed by atoms with E-state index in [9.17, 15) is 5.11 Å². The summed E-state index contributed by atoms with van der Waals surface area (Å²) in [5.41, 5.74) is 9.01. The van der Waals surface area contributed by atoms with Gasteiger partial charge in [0.15, 0.2) is 0 Å². The van der Waals surface area contributed by atoms with Crippen LogP contribution in [0.5, 0.6) is 0 Å². The van der Waals surface area contributed by atoms with Gasteiger partial charge in [0.25, 0.3) is 0 Å². The minimum Gasteiger partial charge on any atom is -0.392 e. The number of aryl methyl sites for hydroxylation is 1. The van der Waals surface area contributed by atoms with Gasteiger partial charge in [-0.05, 0) is 30.9 Å². The van der Waals surface area contributed by atoms with Gasteiger partial charge in [-0.15, -0.1) is 0 Å². The summed E-state index contributed by atoms with van der Waals surface area (Å²) in [4.78, 5) is 0. The van der Waals surface area contributed by atoms with Gasteiger partial charge in [-0.3, -0.25) is 0 Å². The molecule has 1 aromatic carbocycles. The van der Waals surface area contributed by atoms with E-state index in [0.29, 0.717) is 5.25 Å². The third-order valence-corrected chi connectivity index (χ3v) is 5.28. The van der Waals surface area contributed by atoms with Crippen LogP contribution in [0.2, 0.25) is 0 Å². The summed E-state index contributed by atoms with van der Waals surface area (Å²) in [6.45, 7) is 3.92. The molecule has 0 bridgehead atoms. The zero-order valence-electron chi connectivity index (χ0n) is 10.5. The van der Waals surface area contributed by atoms with Crippen molar-refractivity contribution in [2.45, 2.75) is 49.3 Å². The predicted molar refractivity (Wildman–Crippen MR) is 74.2 cm³/mol. The molecule has 0 heterocycles. The molecule has 2 nitrogen and oxygen atoms in total. The van der Waals surface area contributed by atoms with E-state index in [1.807, 2.05) is 18.7 Å². The Labute approximate surface area is 108 Å². The van der Waals surface area contributed by atoms with E-state index in [1.165, 1.54) is 11.1 Å². The van der Waals surface area contributed by atoms with Crippen molar-refractivity contribution in [3.8, 4) is 0 Å². The van der Waals surface area contributed by atoms with Crippen LogP contribution in [0.15, 0.2) is 24.3 Å². The second-order valence-electron chi connectivity index (χ2n) is 4.88. The van der Waals surface area contributed by atoms with Crippen molar-refractivity contribution >= 4 is 11.8 Å². The summed E-state index contributed by atoms with van der Waals surface area (Å²) in [6.07, 6.45) is 1.94. The van der Waals surface area contributed by atoms with Crippen LogP contribution in [0.3, 0.4) is 0 Å². The molecule has 4 unspecified atom stereocenters. The summed E-state index contributed by atoms with van der Waals surface area (Å²) in [5, 5.41) is 10.2. The van der Waals surface area contributed by atoms with Gasteiger partial charge in [0.1, 0.15) is 0 Å². The van der Waals surface area contributed by atoms with E-state index < -0.39 is 0 Å². The highest BCUT2D eigenvalue weighted by atomic mass is 32.2. The number of fused-ring (bicyclic) bond motifs is 1. The Kier molecular flexibility index (Phi) is 4.13. The molecule has 0 saturated heterocycles. The average Bonchev–Trinajstić information content (AvgIpc) is 2.33. The first-order valence-corrected chi connectivity index (χ1v) is 7.20. The molecule has 0 amide bonds. The predicted octanol–water partition coefficient (Wildman–Crippen LogP) is 2.50. The van der Waals surface area contributed by atoms with Crippen molar-refractivity contribution in [3.05, 3.63) is 35.4 Å². The van der Waals surface area contributed by atoms with Crippen LogP contribution in [-0.2, 0) is 6.42 Å². The molecule has 4 atom stereocenters. The molecule has 1 aliphatic carbocycles. The first kappa shape index (κ1) is 12.9. The fourth-order valence-corrected chi connectivity index (χ4v) is 3.66. The lowest BCUT2D eigenvalue weighted by atomic mass is 9.88. The van der Waals surface area contributed by atoms with Gasteiger partial charge >= 0.3 is 0 Å². The minimum absolute atomic E-state index is 0.103. The molecular formula is C14H21NOS. The number of aliphatic hydroxyl groups excluding tert-OH is 1. The van der Waals surface area contributed by atoms with E-state index >= 15 is 0 Å². The van der Waals surface area contributed by atoms with Crippen LogP contribution in [0.25, 0.3) is 0 Å². The van der Waals surface area contributed by atoms with Crippen LogP contribution >= 0.6 is 11.8 Å². The molecule has 0 fully saturated rings. The fraction of sp³-hybridized carbons (Fsp3) is 0.571. The maximum absolute atomic E-state index is 9.57. The van der Waals surface area contributed by atoms with Crippen LogP contribution in [0.4, 0.5) is 0 Å². The van der Waals surface area contributed by atoms with Gasteiger partial charge in [-0.2, -0.15) is 11.8 Å². The maximum atomic E-state index is 9.57. The quantitative estimate of drug-likeness (QED) is 0.867.